The molecule has 1 N–H and O–H groups in total. The quantitative estimate of drug-likeness (QED) is 0.790. The van der Waals surface area contributed by atoms with Crippen LogP contribution in [0.25, 0.3) is 0 Å². The van der Waals surface area contributed by atoms with E-state index in [1.165, 1.54) is 4.90 Å². The number of likely N-dealkylation sites (N-methyl/N-ethyl adjacent to an activating group) is 1. The van der Waals surface area contributed by atoms with E-state index in [0.717, 1.165) is 0 Å². The van der Waals surface area contributed by atoms with Crippen LogP contribution in [0.4, 0.5) is 13.2 Å². The average molecular weight is 257 g/mol. The Morgan fingerprint density at radius 3 is 2.18 bits per heavy atom. The number of rotatable bonds is 6. The molecule has 3 nitrogen and oxygen atoms in total. The highest BCUT2D eigenvalue weighted by molar-refractivity contribution is 4.66. The van der Waals surface area contributed by atoms with Crippen LogP contribution < -0.4 is 0 Å². The lowest BCUT2D eigenvalue weighted by Gasteiger charge is -2.25. The van der Waals surface area contributed by atoms with Crippen molar-refractivity contribution >= 4 is 0 Å². The lowest BCUT2D eigenvalue weighted by Crippen LogP contribution is -2.36. The fraction of sp³-hybridized carbons (Fsp3) is 1.00. The number of nitrogens with zero attached hydrogens (tertiary/aromatic N) is 1. The van der Waals surface area contributed by atoms with E-state index >= 15 is 0 Å². The van der Waals surface area contributed by atoms with Gasteiger partial charge in [0.25, 0.3) is 0 Å². The van der Waals surface area contributed by atoms with Crippen molar-refractivity contribution in [2.45, 2.75) is 45.1 Å². The molecule has 0 saturated heterocycles. The van der Waals surface area contributed by atoms with Gasteiger partial charge in [0.2, 0.25) is 0 Å². The smallest absolute Gasteiger partial charge is 0.389 e. The SMILES string of the molecule is CN(CCC(F)(F)F)CC(O)COC(C)(C)C. The standard InChI is InChI=1S/C11H22F3NO2/c1-10(2,3)17-8-9(16)7-15(4)6-5-11(12,13)14/h9,16H,5-8H2,1-4H3. The van der Waals surface area contributed by atoms with Gasteiger partial charge in [-0.3, -0.25) is 0 Å². The van der Waals surface area contributed by atoms with Gasteiger partial charge in [-0.2, -0.15) is 13.2 Å². The Labute approximate surface area is 101 Å². The van der Waals surface area contributed by atoms with E-state index in [2.05, 4.69) is 0 Å². The summed E-state index contributed by atoms with van der Waals surface area (Å²) >= 11 is 0. The molecule has 0 saturated carbocycles. The van der Waals surface area contributed by atoms with Crippen LogP contribution in [-0.4, -0.2) is 54.6 Å². The summed E-state index contributed by atoms with van der Waals surface area (Å²) in [6, 6.07) is 0. The minimum absolute atomic E-state index is 0.115. The molecule has 0 aliphatic rings. The molecule has 1 unspecified atom stereocenters. The van der Waals surface area contributed by atoms with Crippen LogP contribution in [0.3, 0.4) is 0 Å². The van der Waals surface area contributed by atoms with Crippen molar-refractivity contribution in [2.24, 2.45) is 0 Å². The van der Waals surface area contributed by atoms with Crippen molar-refractivity contribution in [3.05, 3.63) is 0 Å². The normalized spacial score (nSPS) is 15.4. The first kappa shape index (κ1) is 16.7. The Balaban J connectivity index is 3.77. The summed E-state index contributed by atoms with van der Waals surface area (Å²) in [5, 5.41) is 9.56. The first-order valence-corrected chi connectivity index (χ1v) is 5.57. The maximum Gasteiger partial charge on any atom is 0.390 e. The van der Waals surface area contributed by atoms with E-state index in [1.54, 1.807) is 7.05 Å². The lowest BCUT2D eigenvalue weighted by atomic mass is 10.2. The maximum atomic E-state index is 11.9. The fourth-order valence-corrected chi connectivity index (χ4v) is 1.17. The predicted octanol–water partition coefficient (Wildman–Crippen LogP) is 2.05. The second-order valence-corrected chi connectivity index (χ2v) is 5.20. The van der Waals surface area contributed by atoms with Crippen molar-refractivity contribution in [1.82, 2.24) is 4.90 Å². The van der Waals surface area contributed by atoms with Gasteiger partial charge in [-0.15, -0.1) is 0 Å². The monoisotopic (exact) mass is 257 g/mol. The van der Waals surface area contributed by atoms with Gasteiger partial charge in [-0.25, -0.2) is 0 Å². The second kappa shape index (κ2) is 6.56. The van der Waals surface area contributed by atoms with Crippen molar-refractivity contribution < 1.29 is 23.0 Å². The number of aliphatic hydroxyl groups excluding tert-OH is 1. The van der Waals surface area contributed by atoms with Crippen molar-refractivity contribution in [3.8, 4) is 0 Å². The molecule has 6 heteroatoms. The fourth-order valence-electron chi connectivity index (χ4n) is 1.17. The van der Waals surface area contributed by atoms with Crippen LogP contribution in [0, 0.1) is 0 Å². The summed E-state index contributed by atoms with van der Waals surface area (Å²) < 4.78 is 41.2. The van der Waals surface area contributed by atoms with Gasteiger partial charge in [0.05, 0.1) is 24.7 Å². The predicted molar refractivity (Wildman–Crippen MR) is 59.9 cm³/mol. The Morgan fingerprint density at radius 1 is 1.24 bits per heavy atom. The highest BCUT2D eigenvalue weighted by Crippen LogP contribution is 2.19. The van der Waals surface area contributed by atoms with Gasteiger partial charge >= 0.3 is 6.18 Å². The molecule has 0 spiro atoms. The lowest BCUT2D eigenvalue weighted by molar-refractivity contribution is -0.138. The van der Waals surface area contributed by atoms with E-state index in [4.69, 9.17) is 4.74 Å². The molecule has 0 heterocycles. The molecule has 0 radical (unpaired) electrons. The van der Waals surface area contributed by atoms with Crippen LogP contribution in [0.15, 0.2) is 0 Å². The summed E-state index contributed by atoms with van der Waals surface area (Å²) in [7, 11) is 1.55. The first-order chi connectivity index (χ1) is 7.49. The molecule has 17 heavy (non-hydrogen) atoms. The largest absolute Gasteiger partial charge is 0.390 e. The summed E-state index contributed by atoms with van der Waals surface area (Å²) in [5.74, 6) is 0. The van der Waals surface area contributed by atoms with E-state index in [9.17, 15) is 18.3 Å². The zero-order valence-electron chi connectivity index (χ0n) is 10.8. The first-order valence-electron chi connectivity index (χ1n) is 5.57. The van der Waals surface area contributed by atoms with Crippen LogP contribution in [0.2, 0.25) is 0 Å². The van der Waals surface area contributed by atoms with Gasteiger partial charge in [-0.1, -0.05) is 0 Å². The highest BCUT2D eigenvalue weighted by atomic mass is 19.4. The number of ether oxygens (including phenoxy) is 1. The zero-order valence-corrected chi connectivity index (χ0v) is 10.8. The second-order valence-electron chi connectivity index (χ2n) is 5.20. The molecule has 0 amide bonds. The maximum absolute atomic E-state index is 11.9. The van der Waals surface area contributed by atoms with Crippen molar-refractivity contribution in [2.75, 3.05) is 26.7 Å². The molecule has 0 aliphatic carbocycles. The molecule has 0 bridgehead atoms. The molecule has 1 atom stereocenters. The van der Waals surface area contributed by atoms with Gasteiger partial charge in [0, 0.05) is 13.1 Å². The topological polar surface area (TPSA) is 32.7 Å². The number of hydrogen-bond acceptors (Lipinski definition) is 3. The number of aliphatic hydroxyl groups is 1. The Hall–Kier alpha value is -0.330. The summed E-state index contributed by atoms with van der Waals surface area (Å²) in [4.78, 5) is 1.45. The van der Waals surface area contributed by atoms with Crippen LogP contribution in [-0.2, 0) is 4.74 Å². The third kappa shape index (κ3) is 11.9. The van der Waals surface area contributed by atoms with E-state index in [-0.39, 0.29) is 25.3 Å². The van der Waals surface area contributed by atoms with Crippen LogP contribution in [0.1, 0.15) is 27.2 Å². The van der Waals surface area contributed by atoms with E-state index in [0.29, 0.717) is 0 Å². The molecular weight excluding hydrogens is 235 g/mol. The third-order valence-electron chi connectivity index (χ3n) is 2.01. The Morgan fingerprint density at radius 2 is 1.76 bits per heavy atom. The molecule has 0 rings (SSSR count). The molecule has 104 valence electrons. The van der Waals surface area contributed by atoms with Gasteiger partial charge in [-0.05, 0) is 27.8 Å². The summed E-state index contributed by atoms with van der Waals surface area (Å²) in [6.45, 7) is 5.75. The van der Waals surface area contributed by atoms with E-state index < -0.39 is 18.7 Å². The Kier molecular flexibility index (Phi) is 6.43. The minimum atomic E-state index is -4.15. The number of alkyl halides is 3. The van der Waals surface area contributed by atoms with Crippen molar-refractivity contribution in [3.63, 3.8) is 0 Å². The molecule has 0 fully saturated rings. The number of hydrogen-bond donors (Lipinski definition) is 1. The van der Waals surface area contributed by atoms with Gasteiger partial charge < -0.3 is 14.7 Å². The number of halogens is 3. The van der Waals surface area contributed by atoms with E-state index in [1.807, 2.05) is 20.8 Å². The van der Waals surface area contributed by atoms with Crippen LogP contribution >= 0.6 is 0 Å². The summed E-state index contributed by atoms with van der Waals surface area (Å²) in [5.41, 5.74) is -0.356. The average Bonchev–Trinajstić information content (AvgIpc) is 2.09. The van der Waals surface area contributed by atoms with Gasteiger partial charge in [0.15, 0.2) is 0 Å². The van der Waals surface area contributed by atoms with Gasteiger partial charge in [0.1, 0.15) is 0 Å². The molecule has 0 aromatic heterocycles. The van der Waals surface area contributed by atoms with Crippen LogP contribution in [0.5, 0.6) is 0 Å². The highest BCUT2D eigenvalue weighted by Gasteiger charge is 2.27. The Bertz CT molecular complexity index is 192. The molecule has 0 aliphatic heterocycles. The third-order valence-corrected chi connectivity index (χ3v) is 2.01. The minimum Gasteiger partial charge on any atom is -0.389 e. The molecular formula is C11H22F3NO2. The summed E-state index contributed by atoms with van der Waals surface area (Å²) in [6.07, 6.45) is -5.79. The molecule has 0 aromatic rings. The zero-order chi connectivity index (χ0) is 13.7. The van der Waals surface area contributed by atoms with Crippen molar-refractivity contribution in [1.29, 1.82) is 0 Å². The molecule has 0 aromatic carbocycles.